The highest BCUT2D eigenvalue weighted by Crippen LogP contribution is 2.25. The summed E-state index contributed by atoms with van der Waals surface area (Å²) in [5, 5.41) is 7.21. The topological polar surface area (TPSA) is 38.0 Å². The first kappa shape index (κ1) is 13.5. The molecule has 0 aliphatic heterocycles. The molecule has 3 heteroatoms. The van der Waals surface area contributed by atoms with Crippen LogP contribution in [-0.4, -0.2) is 19.6 Å². The SMILES string of the molecule is CCC(CN)CNCCc1csc2ccccc12. The van der Waals surface area contributed by atoms with Gasteiger partial charge in [-0.15, -0.1) is 11.3 Å². The summed E-state index contributed by atoms with van der Waals surface area (Å²) in [5.41, 5.74) is 7.16. The number of hydrogen-bond acceptors (Lipinski definition) is 3. The smallest absolute Gasteiger partial charge is 0.0345 e. The van der Waals surface area contributed by atoms with E-state index in [-0.39, 0.29) is 0 Å². The molecule has 1 heterocycles. The number of nitrogens with two attached hydrogens (primary N) is 1. The molecule has 1 atom stereocenters. The molecule has 0 aliphatic rings. The van der Waals surface area contributed by atoms with Crippen molar-refractivity contribution in [2.45, 2.75) is 19.8 Å². The van der Waals surface area contributed by atoms with Crippen molar-refractivity contribution in [1.29, 1.82) is 0 Å². The molecule has 0 amide bonds. The third kappa shape index (κ3) is 3.31. The van der Waals surface area contributed by atoms with Gasteiger partial charge in [-0.25, -0.2) is 0 Å². The fraction of sp³-hybridized carbons (Fsp3) is 0.467. The molecule has 2 aromatic rings. The van der Waals surface area contributed by atoms with E-state index in [1.54, 1.807) is 0 Å². The average Bonchev–Trinajstić information content (AvgIpc) is 2.82. The molecule has 2 nitrogen and oxygen atoms in total. The van der Waals surface area contributed by atoms with E-state index in [1.807, 2.05) is 11.3 Å². The lowest BCUT2D eigenvalue weighted by molar-refractivity contribution is 0.474. The lowest BCUT2D eigenvalue weighted by atomic mass is 10.1. The molecule has 3 N–H and O–H groups in total. The van der Waals surface area contributed by atoms with Crippen molar-refractivity contribution in [3.63, 3.8) is 0 Å². The summed E-state index contributed by atoms with van der Waals surface area (Å²) in [6.45, 7) is 5.06. The van der Waals surface area contributed by atoms with Gasteiger partial charge in [0.1, 0.15) is 0 Å². The highest BCUT2D eigenvalue weighted by atomic mass is 32.1. The Hall–Kier alpha value is -0.900. The number of nitrogens with one attached hydrogen (secondary N) is 1. The molecule has 1 aromatic heterocycles. The fourth-order valence-corrected chi connectivity index (χ4v) is 3.15. The maximum atomic E-state index is 5.70. The molecule has 2 rings (SSSR count). The molecule has 0 fully saturated rings. The fourth-order valence-electron chi connectivity index (χ4n) is 2.15. The van der Waals surface area contributed by atoms with Gasteiger partial charge in [0.15, 0.2) is 0 Å². The van der Waals surface area contributed by atoms with E-state index in [1.165, 1.54) is 15.6 Å². The number of benzene rings is 1. The van der Waals surface area contributed by atoms with E-state index >= 15 is 0 Å². The van der Waals surface area contributed by atoms with Crippen LogP contribution in [0.25, 0.3) is 10.1 Å². The monoisotopic (exact) mass is 262 g/mol. The zero-order chi connectivity index (χ0) is 12.8. The van der Waals surface area contributed by atoms with E-state index in [4.69, 9.17) is 5.73 Å². The lowest BCUT2D eigenvalue weighted by Gasteiger charge is -2.12. The minimum atomic E-state index is 0.615. The molecule has 1 unspecified atom stereocenters. The standard InChI is InChI=1S/C15H22N2S/c1-2-12(9-16)10-17-8-7-13-11-18-15-6-4-3-5-14(13)15/h3-6,11-12,17H,2,7-10,16H2,1H3. The Morgan fingerprint density at radius 3 is 2.94 bits per heavy atom. The van der Waals surface area contributed by atoms with Crippen LogP contribution in [0.15, 0.2) is 29.6 Å². The minimum absolute atomic E-state index is 0.615. The summed E-state index contributed by atoms with van der Waals surface area (Å²) < 4.78 is 1.39. The molecule has 0 saturated heterocycles. The Morgan fingerprint density at radius 2 is 2.17 bits per heavy atom. The summed E-state index contributed by atoms with van der Waals surface area (Å²) in [6, 6.07) is 8.63. The largest absolute Gasteiger partial charge is 0.330 e. The van der Waals surface area contributed by atoms with Gasteiger partial charge >= 0.3 is 0 Å². The summed E-state index contributed by atoms with van der Waals surface area (Å²) in [6.07, 6.45) is 2.26. The van der Waals surface area contributed by atoms with Gasteiger partial charge in [0.05, 0.1) is 0 Å². The maximum Gasteiger partial charge on any atom is 0.0345 e. The number of hydrogen-bond donors (Lipinski definition) is 2. The van der Waals surface area contributed by atoms with Gasteiger partial charge in [-0.3, -0.25) is 0 Å². The van der Waals surface area contributed by atoms with E-state index < -0.39 is 0 Å². The number of thiophene rings is 1. The van der Waals surface area contributed by atoms with Crippen LogP contribution in [0.2, 0.25) is 0 Å². The number of rotatable bonds is 7. The second-order valence-corrected chi connectivity index (χ2v) is 5.63. The zero-order valence-electron chi connectivity index (χ0n) is 11.0. The third-order valence-electron chi connectivity index (χ3n) is 3.48. The summed E-state index contributed by atoms with van der Waals surface area (Å²) in [7, 11) is 0. The Labute approximate surface area is 113 Å². The normalized spacial score (nSPS) is 13.0. The van der Waals surface area contributed by atoms with Crippen LogP contribution in [0.1, 0.15) is 18.9 Å². The van der Waals surface area contributed by atoms with E-state index in [2.05, 4.69) is 41.9 Å². The van der Waals surface area contributed by atoms with E-state index in [0.717, 1.165) is 32.5 Å². The summed E-state index contributed by atoms with van der Waals surface area (Å²) >= 11 is 1.84. The van der Waals surface area contributed by atoms with Crippen molar-refractivity contribution < 1.29 is 0 Å². The second-order valence-electron chi connectivity index (χ2n) is 4.72. The van der Waals surface area contributed by atoms with Crippen molar-refractivity contribution in [2.75, 3.05) is 19.6 Å². The molecule has 0 aliphatic carbocycles. The molecule has 98 valence electrons. The maximum absolute atomic E-state index is 5.70. The van der Waals surface area contributed by atoms with Gasteiger partial charge in [-0.05, 0) is 54.4 Å². The Morgan fingerprint density at radius 1 is 1.33 bits per heavy atom. The summed E-state index contributed by atoms with van der Waals surface area (Å²) in [5.74, 6) is 0.615. The molecule has 0 saturated carbocycles. The van der Waals surface area contributed by atoms with Crippen molar-refractivity contribution >= 4 is 21.4 Å². The Balaban J connectivity index is 1.83. The van der Waals surface area contributed by atoms with Crippen molar-refractivity contribution in [1.82, 2.24) is 5.32 Å². The van der Waals surface area contributed by atoms with Crippen LogP contribution in [0, 0.1) is 5.92 Å². The molecule has 0 spiro atoms. The zero-order valence-corrected chi connectivity index (χ0v) is 11.8. The molecular weight excluding hydrogens is 240 g/mol. The van der Waals surface area contributed by atoms with Gasteiger partial charge in [0.2, 0.25) is 0 Å². The van der Waals surface area contributed by atoms with Crippen LogP contribution in [0.5, 0.6) is 0 Å². The molecule has 18 heavy (non-hydrogen) atoms. The third-order valence-corrected chi connectivity index (χ3v) is 4.49. The number of fused-ring (bicyclic) bond motifs is 1. The second kappa shape index (κ2) is 6.88. The predicted octanol–water partition coefficient (Wildman–Crippen LogP) is 3.02. The van der Waals surface area contributed by atoms with Crippen molar-refractivity contribution in [3.8, 4) is 0 Å². The highest BCUT2D eigenvalue weighted by Gasteiger charge is 2.04. The first-order chi connectivity index (χ1) is 8.85. The van der Waals surface area contributed by atoms with Crippen LogP contribution >= 0.6 is 11.3 Å². The van der Waals surface area contributed by atoms with Gasteiger partial charge in [0, 0.05) is 4.70 Å². The Bertz CT molecular complexity index is 474. The van der Waals surface area contributed by atoms with E-state index in [0.29, 0.717) is 5.92 Å². The quantitative estimate of drug-likeness (QED) is 0.753. The Kier molecular flexibility index (Phi) is 5.17. The molecular formula is C15H22N2S. The molecule has 0 radical (unpaired) electrons. The van der Waals surface area contributed by atoms with Crippen LogP contribution in [-0.2, 0) is 6.42 Å². The molecule has 0 bridgehead atoms. The van der Waals surface area contributed by atoms with Crippen LogP contribution < -0.4 is 11.1 Å². The minimum Gasteiger partial charge on any atom is -0.330 e. The van der Waals surface area contributed by atoms with Crippen molar-refractivity contribution in [2.24, 2.45) is 11.7 Å². The van der Waals surface area contributed by atoms with Gasteiger partial charge in [-0.1, -0.05) is 31.5 Å². The van der Waals surface area contributed by atoms with Gasteiger partial charge in [0.25, 0.3) is 0 Å². The lowest BCUT2D eigenvalue weighted by Crippen LogP contribution is -2.29. The first-order valence-electron chi connectivity index (χ1n) is 6.71. The molecule has 1 aromatic carbocycles. The average molecular weight is 262 g/mol. The van der Waals surface area contributed by atoms with Gasteiger partial charge in [-0.2, -0.15) is 0 Å². The highest BCUT2D eigenvalue weighted by molar-refractivity contribution is 7.17. The van der Waals surface area contributed by atoms with E-state index in [9.17, 15) is 0 Å². The van der Waals surface area contributed by atoms with Gasteiger partial charge < -0.3 is 11.1 Å². The predicted molar refractivity (Wildman–Crippen MR) is 81.2 cm³/mol. The first-order valence-corrected chi connectivity index (χ1v) is 7.59. The van der Waals surface area contributed by atoms with Crippen LogP contribution in [0.3, 0.4) is 0 Å². The van der Waals surface area contributed by atoms with Crippen molar-refractivity contribution in [3.05, 3.63) is 35.2 Å². The summed E-state index contributed by atoms with van der Waals surface area (Å²) in [4.78, 5) is 0. The van der Waals surface area contributed by atoms with Crippen LogP contribution in [0.4, 0.5) is 0 Å².